The van der Waals surface area contributed by atoms with E-state index < -0.39 is 0 Å². The number of hydrogen-bond donors (Lipinski definition) is 0. The largest absolute Gasteiger partial charge is 0.469 e. The fraction of sp³-hybridized carbons (Fsp3) is 0.429. The predicted octanol–water partition coefficient (Wildman–Crippen LogP) is 5.28. The summed E-state index contributed by atoms with van der Waals surface area (Å²) in [6, 6.07) is 6.28. The highest BCUT2D eigenvalue weighted by Gasteiger charge is 2.20. The van der Waals surface area contributed by atoms with Gasteiger partial charge in [0.1, 0.15) is 5.76 Å². The zero-order valence-corrected chi connectivity index (χ0v) is 12.2. The SMILES string of the molecule is Cc1cc(C(Cl)c2ccc(C(C)(C)C)s2)co1. The van der Waals surface area contributed by atoms with Gasteiger partial charge in [-0.1, -0.05) is 20.8 Å². The minimum absolute atomic E-state index is 0.103. The lowest BCUT2D eigenvalue weighted by molar-refractivity contribution is 0.532. The average molecular weight is 269 g/mol. The summed E-state index contributed by atoms with van der Waals surface area (Å²) >= 11 is 8.24. The van der Waals surface area contributed by atoms with E-state index in [0.717, 1.165) is 11.3 Å². The van der Waals surface area contributed by atoms with Crippen molar-refractivity contribution < 1.29 is 4.42 Å². The van der Waals surface area contributed by atoms with E-state index in [4.69, 9.17) is 16.0 Å². The molecule has 0 saturated carbocycles. The summed E-state index contributed by atoms with van der Waals surface area (Å²) in [4.78, 5) is 2.54. The third-order valence-corrected chi connectivity index (χ3v) is 4.85. The maximum Gasteiger partial charge on any atom is 0.101 e. The molecule has 17 heavy (non-hydrogen) atoms. The fourth-order valence-electron chi connectivity index (χ4n) is 1.65. The van der Waals surface area contributed by atoms with Crippen molar-refractivity contribution in [1.82, 2.24) is 0 Å². The lowest BCUT2D eigenvalue weighted by Gasteiger charge is -2.15. The minimum atomic E-state index is -0.103. The highest BCUT2D eigenvalue weighted by Crippen LogP contribution is 2.38. The molecule has 1 unspecified atom stereocenters. The van der Waals surface area contributed by atoms with Crippen LogP contribution in [-0.2, 0) is 5.41 Å². The Hall–Kier alpha value is -0.730. The summed E-state index contributed by atoms with van der Waals surface area (Å²) in [7, 11) is 0. The first-order valence-corrected chi connectivity index (χ1v) is 6.92. The monoisotopic (exact) mass is 268 g/mol. The Morgan fingerprint density at radius 1 is 1.29 bits per heavy atom. The van der Waals surface area contributed by atoms with Crippen LogP contribution in [0.3, 0.4) is 0 Å². The van der Waals surface area contributed by atoms with E-state index in [-0.39, 0.29) is 10.8 Å². The first-order chi connectivity index (χ1) is 7.88. The van der Waals surface area contributed by atoms with E-state index in [1.807, 2.05) is 13.0 Å². The molecule has 0 bridgehead atoms. The molecule has 2 rings (SSSR count). The zero-order chi connectivity index (χ0) is 12.6. The van der Waals surface area contributed by atoms with Crippen molar-refractivity contribution in [3.63, 3.8) is 0 Å². The van der Waals surface area contributed by atoms with Gasteiger partial charge in [-0.25, -0.2) is 0 Å². The lowest BCUT2D eigenvalue weighted by atomic mass is 9.95. The van der Waals surface area contributed by atoms with Gasteiger partial charge in [0.15, 0.2) is 0 Å². The van der Waals surface area contributed by atoms with Crippen molar-refractivity contribution in [2.45, 2.75) is 38.5 Å². The molecular weight excluding hydrogens is 252 g/mol. The van der Waals surface area contributed by atoms with Crippen LogP contribution in [0, 0.1) is 6.92 Å². The summed E-state index contributed by atoms with van der Waals surface area (Å²) in [5.74, 6) is 0.901. The van der Waals surface area contributed by atoms with Crippen LogP contribution in [0.1, 0.15) is 47.2 Å². The first kappa shape index (κ1) is 12.7. The van der Waals surface area contributed by atoms with Gasteiger partial charge >= 0.3 is 0 Å². The molecule has 3 heteroatoms. The van der Waals surface area contributed by atoms with Crippen molar-refractivity contribution in [3.05, 3.63) is 45.5 Å². The first-order valence-electron chi connectivity index (χ1n) is 5.67. The van der Waals surface area contributed by atoms with E-state index in [1.165, 1.54) is 9.75 Å². The third-order valence-electron chi connectivity index (χ3n) is 2.66. The summed E-state index contributed by atoms with van der Waals surface area (Å²) in [5.41, 5.74) is 1.22. The Morgan fingerprint density at radius 3 is 2.47 bits per heavy atom. The molecule has 0 aliphatic heterocycles. The number of halogens is 1. The van der Waals surface area contributed by atoms with Gasteiger partial charge in [0.2, 0.25) is 0 Å². The zero-order valence-electron chi connectivity index (χ0n) is 10.6. The molecule has 0 aliphatic carbocycles. The molecule has 1 atom stereocenters. The van der Waals surface area contributed by atoms with Crippen LogP contribution in [-0.4, -0.2) is 0 Å². The second-order valence-electron chi connectivity index (χ2n) is 5.31. The van der Waals surface area contributed by atoms with E-state index in [1.54, 1.807) is 17.6 Å². The van der Waals surface area contributed by atoms with Gasteiger partial charge in [-0.15, -0.1) is 22.9 Å². The summed E-state index contributed by atoms with van der Waals surface area (Å²) in [6.45, 7) is 8.58. The Morgan fingerprint density at radius 2 is 2.00 bits per heavy atom. The predicted molar refractivity (Wildman–Crippen MR) is 74.2 cm³/mol. The molecule has 92 valence electrons. The number of alkyl halides is 1. The van der Waals surface area contributed by atoms with E-state index >= 15 is 0 Å². The molecule has 0 N–H and O–H groups in total. The van der Waals surface area contributed by atoms with E-state index in [2.05, 4.69) is 32.9 Å². The molecule has 0 aromatic carbocycles. The molecule has 2 aromatic heterocycles. The highest BCUT2D eigenvalue weighted by atomic mass is 35.5. The Labute approximate surface area is 111 Å². The Kier molecular flexibility index (Phi) is 3.37. The van der Waals surface area contributed by atoms with Crippen LogP contribution >= 0.6 is 22.9 Å². The van der Waals surface area contributed by atoms with Crippen LogP contribution in [0.5, 0.6) is 0 Å². The molecular formula is C14H17ClOS. The van der Waals surface area contributed by atoms with Crippen LogP contribution < -0.4 is 0 Å². The molecule has 2 aromatic rings. The second-order valence-corrected chi connectivity index (χ2v) is 6.86. The van der Waals surface area contributed by atoms with Crippen LogP contribution in [0.4, 0.5) is 0 Å². The summed E-state index contributed by atoms with van der Waals surface area (Å²) in [6.07, 6.45) is 1.74. The highest BCUT2D eigenvalue weighted by molar-refractivity contribution is 7.12. The number of aryl methyl sites for hydroxylation is 1. The topological polar surface area (TPSA) is 13.1 Å². The van der Waals surface area contributed by atoms with Gasteiger partial charge in [0, 0.05) is 15.3 Å². The van der Waals surface area contributed by atoms with E-state index in [0.29, 0.717) is 0 Å². The molecule has 0 spiro atoms. The van der Waals surface area contributed by atoms with Crippen LogP contribution in [0.2, 0.25) is 0 Å². The number of furan rings is 1. The maximum atomic E-state index is 6.46. The average Bonchev–Trinajstić information content (AvgIpc) is 2.83. The van der Waals surface area contributed by atoms with Crippen molar-refractivity contribution in [1.29, 1.82) is 0 Å². The van der Waals surface area contributed by atoms with Gasteiger partial charge in [-0.3, -0.25) is 0 Å². The molecule has 0 amide bonds. The number of rotatable bonds is 2. The fourth-order valence-corrected chi connectivity index (χ4v) is 3.05. The molecule has 0 saturated heterocycles. The molecule has 0 fully saturated rings. The normalized spacial score (nSPS) is 13.9. The molecule has 2 heterocycles. The molecule has 1 nitrogen and oxygen atoms in total. The Bertz CT molecular complexity index is 504. The number of hydrogen-bond acceptors (Lipinski definition) is 2. The third kappa shape index (κ3) is 2.75. The molecule has 0 aliphatic rings. The molecule has 0 radical (unpaired) electrons. The van der Waals surface area contributed by atoms with E-state index in [9.17, 15) is 0 Å². The maximum absolute atomic E-state index is 6.46. The number of thiophene rings is 1. The van der Waals surface area contributed by atoms with Crippen LogP contribution in [0.25, 0.3) is 0 Å². The van der Waals surface area contributed by atoms with Gasteiger partial charge in [-0.2, -0.15) is 0 Å². The van der Waals surface area contributed by atoms with Crippen molar-refractivity contribution in [2.75, 3.05) is 0 Å². The summed E-state index contributed by atoms with van der Waals surface area (Å²) in [5, 5.41) is -0.103. The lowest BCUT2D eigenvalue weighted by Crippen LogP contribution is -2.07. The van der Waals surface area contributed by atoms with Gasteiger partial charge in [0.05, 0.1) is 11.6 Å². The quantitative estimate of drug-likeness (QED) is 0.676. The summed E-state index contributed by atoms with van der Waals surface area (Å²) < 4.78 is 5.30. The van der Waals surface area contributed by atoms with Crippen LogP contribution in [0.15, 0.2) is 28.9 Å². The van der Waals surface area contributed by atoms with Gasteiger partial charge in [-0.05, 0) is 30.5 Å². The van der Waals surface area contributed by atoms with Crippen molar-refractivity contribution in [3.8, 4) is 0 Å². The standard InChI is InChI=1S/C14H17ClOS/c1-9-7-10(8-16-9)13(15)11-5-6-12(17-11)14(2,3)4/h5-8,13H,1-4H3. The minimum Gasteiger partial charge on any atom is -0.469 e. The van der Waals surface area contributed by atoms with Gasteiger partial charge < -0.3 is 4.42 Å². The van der Waals surface area contributed by atoms with Crippen molar-refractivity contribution >= 4 is 22.9 Å². The smallest absolute Gasteiger partial charge is 0.101 e. The Balaban J connectivity index is 2.26. The second kappa shape index (κ2) is 4.51. The van der Waals surface area contributed by atoms with Crippen molar-refractivity contribution in [2.24, 2.45) is 0 Å². The van der Waals surface area contributed by atoms with Gasteiger partial charge in [0.25, 0.3) is 0 Å².